The molecule has 0 radical (unpaired) electrons. The van der Waals surface area contributed by atoms with Crippen molar-refractivity contribution < 1.29 is 8.42 Å². The second-order valence-corrected chi connectivity index (χ2v) is 7.23. The van der Waals surface area contributed by atoms with Crippen molar-refractivity contribution in [3.63, 3.8) is 0 Å². The maximum Gasteiger partial charge on any atom is 0.213 e. The van der Waals surface area contributed by atoms with E-state index in [1.165, 1.54) is 0 Å². The Labute approximate surface area is 126 Å². The Morgan fingerprint density at radius 2 is 1.81 bits per heavy atom. The predicted molar refractivity (Wildman–Crippen MR) is 88.1 cm³/mol. The highest BCUT2D eigenvalue weighted by molar-refractivity contribution is 7.89. The summed E-state index contributed by atoms with van der Waals surface area (Å²) in [5.74, 6) is 0.125. The van der Waals surface area contributed by atoms with Crippen molar-refractivity contribution in [3.05, 3.63) is 29.3 Å². The van der Waals surface area contributed by atoms with Crippen LogP contribution in [0.3, 0.4) is 0 Å². The molecule has 0 aliphatic rings. The third kappa shape index (κ3) is 7.10. The number of hydrogen-bond donors (Lipinski definition) is 3. The van der Waals surface area contributed by atoms with E-state index in [1.807, 2.05) is 26.0 Å². The highest BCUT2D eigenvalue weighted by Crippen LogP contribution is 2.13. The highest BCUT2D eigenvalue weighted by Gasteiger charge is 2.10. The summed E-state index contributed by atoms with van der Waals surface area (Å²) in [6.07, 6.45) is 0. The Balaban J connectivity index is 2.57. The minimum absolute atomic E-state index is 0.0829. The lowest BCUT2D eigenvalue weighted by molar-refractivity contribution is 0.570. The standard InChI is InChI=1S/C14H24N4O2S/c1-10(2)18-21(19,20)6-5-16-14(15)17-13-8-11(3)7-12(4)9-13/h7-10,18H,5-6H2,1-4H3,(H3,15,16,17). The van der Waals surface area contributed by atoms with Crippen molar-refractivity contribution in [2.45, 2.75) is 33.7 Å². The van der Waals surface area contributed by atoms with Gasteiger partial charge in [0.15, 0.2) is 5.96 Å². The molecule has 6 nitrogen and oxygen atoms in total. The molecule has 0 saturated heterocycles. The number of nitrogens with one attached hydrogen (secondary N) is 2. The Bertz CT molecular complexity index is 589. The first-order valence-electron chi connectivity index (χ1n) is 6.83. The van der Waals surface area contributed by atoms with E-state index in [4.69, 9.17) is 5.73 Å². The predicted octanol–water partition coefficient (Wildman–Crippen LogP) is 1.36. The SMILES string of the molecule is Cc1cc(C)cc(NC(N)=NCCS(=O)(=O)NC(C)C)c1. The molecule has 118 valence electrons. The van der Waals surface area contributed by atoms with Crippen molar-refractivity contribution in [3.8, 4) is 0 Å². The molecule has 0 bridgehead atoms. The molecule has 1 rings (SSSR count). The molecule has 0 unspecified atom stereocenters. The summed E-state index contributed by atoms with van der Waals surface area (Å²) in [5, 5.41) is 2.96. The molecule has 0 atom stereocenters. The first-order valence-corrected chi connectivity index (χ1v) is 8.48. The van der Waals surface area contributed by atoms with Crippen molar-refractivity contribution in [2.75, 3.05) is 17.6 Å². The molecule has 0 heterocycles. The smallest absolute Gasteiger partial charge is 0.213 e. The van der Waals surface area contributed by atoms with Gasteiger partial charge in [-0.05, 0) is 51.0 Å². The van der Waals surface area contributed by atoms with E-state index < -0.39 is 10.0 Å². The third-order valence-electron chi connectivity index (χ3n) is 2.55. The zero-order valence-electron chi connectivity index (χ0n) is 13.0. The van der Waals surface area contributed by atoms with Gasteiger partial charge in [-0.15, -0.1) is 0 Å². The normalized spacial score (nSPS) is 12.7. The topological polar surface area (TPSA) is 96.6 Å². The molecule has 0 aromatic heterocycles. The average Bonchev–Trinajstić information content (AvgIpc) is 2.24. The van der Waals surface area contributed by atoms with Crippen molar-refractivity contribution in [2.24, 2.45) is 10.7 Å². The molecular formula is C14H24N4O2S. The number of rotatable bonds is 6. The lowest BCUT2D eigenvalue weighted by atomic mass is 10.1. The molecule has 4 N–H and O–H groups in total. The highest BCUT2D eigenvalue weighted by atomic mass is 32.2. The van der Waals surface area contributed by atoms with Gasteiger partial charge >= 0.3 is 0 Å². The fourth-order valence-corrected chi connectivity index (χ4v) is 3.11. The van der Waals surface area contributed by atoms with Crippen LogP contribution in [-0.2, 0) is 10.0 Å². The summed E-state index contributed by atoms with van der Waals surface area (Å²) < 4.78 is 25.8. The van der Waals surface area contributed by atoms with Crippen molar-refractivity contribution in [1.82, 2.24) is 4.72 Å². The first kappa shape index (κ1) is 17.5. The Morgan fingerprint density at radius 1 is 1.24 bits per heavy atom. The molecule has 21 heavy (non-hydrogen) atoms. The van der Waals surface area contributed by atoms with Crippen molar-refractivity contribution in [1.29, 1.82) is 0 Å². The van der Waals surface area contributed by atoms with E-state index in [2.05, 4.69) is 21.1 Å². The van der Waals surface area contributed by atoms with E-state index in [-0.39, 0.29) is 24.3 Å². The fraction of sp³-hybridized carbons (Fsp3) is 0.500. The van der Waals surface area contributed by atoms with E-state index >= 15 is 0 Å². The minimum Gasteiger partial charge on any atom is -0.370 e. The fourth-order valence-electron chi connectivity index (χ4n) is 1.94. The molecule has 0 aliphatic heterocycles. The maximum atomic E-state index is 11.6. The third-order valence-corrected chi connectivity index (χ3v) is 4.10. The van der Waals surface area contributed by atoms with Gasteiger partial charge in [-0.25, -0.2) is 13.1 Å². The van der Waals surface area contributed by atoms with E-state index in [0.717, 1.165) is 16.8 Å². The van der Waals surface area contributed by atoms with Gasteiger partial charge in [0.1, 0.15) is 0 Å². The number of hydrogen-bond acceptors (Lipinski definition) is 3. The Morgan fingerprint density at radius 3 is 2.33 bits per heavy atom. The minimum atomic E-state index is -3.30. The molecule has 0 fully saturated rings. The number of aliphatic imine (C=N–C) groups is 1. The number of anilines is 1. The number of nitrogens with two attached hydrogens (primary N) is 1. The van der Waals surface area contributed by atoms with Crippen LogP contribution in [0.4, 0.5) is 5.69 Å². The molecule has 7 heteroatoms. The van der Waals surface area contributed by atoms with Crippen molar-refractivity contribution >= 4 is 21.7 Å². The van der Waals surface area contributed by atoms with Crippen LogP contribution in [0.15, 0.2) is 23.2 Å². The number of nitrogens with zero attached hydrogens (tertiary/aromatic N) is 1. The van der Waals surface area contributed by atoms with E-state index in [0.29, 0.717) is 0 Å². The molecular weight excluding hydrogens is 288 g/mol. The van der Waals surface area contributed by atoms with Gasteiger partial charge in [-0.3, -0.25) is 4.99 Å². The Kier molecular flexibility index (Phi) is 6.17. The van der Waals surface area contributed by atoms with Gasteiger partial charge in [0.2, 0.25) is 10.0 Å². The average molecular weight is 312 g/mol. The van der Waals surface area contributed by atoms with Gasteiger partial charge in [0.25, 0.3) is 0 Å². The van der Waals surface area contributed by atoms with Gasteiger partial charge in [-0.2, -0.15) is 0 Å². The monoisotopic (exact) mass is 312 g/mol. The molecule has 0 amide bonds. The van der Waals surface area contributed by atoms with Crippen LogP contribution in [0, 0.1) is 13.8 Å². The van der Waals surface area contributed by atoms with Crippen LogP contribution in [0.1, 0.15) is 25.0 Å². The van der Waals surface area contributed by atoms with Crippen LogP contribution in [0.5, 0.6) is 0 Å². The zero-order chi connectivity index (χ0) is 16.0. The number of guanidine groups is 1. The molecule has 0 spiro atoms. The van der Waals surface area contributed by atoms with Crippen LogP contribution in [0.2, 0.25) is 0 Å². The lowest BCUT2D eigenvalue weighted by Crippen LogP contribution is -2.33. The molecule has 0 saturated carbocycles. The summed E-state index contributed by atoms with van der Waals surface area (Å²) in [6.45, 7) is 7.66. The molecule has 1 aromatic carbocycles. The second kappa shape index (κ2) is 7.42. The van der Waals surface area contributed by atoms with Gasteiger partial charge in [0, 0.05) is 11.7 Å². The number of sulfonamides is 1. The maximum absolute atomic E-state index is 11.6. The summed E-state index contributed by atoms with van der Waals surface area (Å²) in [4.78, 5) is 4.04. The summed E-state index contributed by atoms with van der Waals surface area (Å²) in [5.41, 5.74) is 8.84. The molecule has 0 aliphatic carbocycles. The summed E-state index contributed by atoms with van der Waals surface area (Å²) in [6, 6.07) is 5.84. The summed E-state index contributed by atoms with van der Waals surface area (Å²) >= 11 is 0. The summed E-state index contributed by atoms with van der Waals surface area (Å²) in [7, 11) is -3.30. The van der Waals surface area contributed by atoms with Crippen LogP contribution in [-0.4, -0.2) is 32.7 Å². The van der Waals surface area contributed by atoms with E-state index in [9.17, 15) is 8.42 Å². The first-order chi connectivity index (χ1) is 9.68. The van der Waals surface area contributed by atoms with Gasteiger partial charge < -0.3 is 11.1 Å². The van der Waals surface area contributed by atoms with Gasteiger partial charge in [0.05, 0.1) is 12.3 Å². The second-order valence-electron chi connectivity index (χ2n) is 5.36. The van der Waals surface area contributed by atoms with E-state index in [1.54, 1.807) is 13.8 Å². The van der Waals surface area contributed by atoms with Gasteiger partial charge in [-0.1, -0.05) is 6.07 Å². The largest absolute Gasteiger partial charge is 0.370 e. The van der Waals surface area contributed by atoms with Crippen LogP contribution < -0.4 is 15.8 Å². The number of benzene rings is 1. The zero-order valence-corrected chi connectivity index (χ0v) is 13.8. The van der Waals surface area contributed by atoms with Crippen LogP contribution in [0.25, 0.3) is 0 Å². The number of aryl methyl sites for hydroxylation is 2. The Hall–Kier alpha value is -1.60. The lowest BCUT2D eigenvalue weighted by Gasteiger charge is -2.09. The van der Waals surface area contributed by atoms with Crippen LogP contribution >= 0.6 is 0 Å². The quantitative estimate of drug-likeness (QED) is 0.546. The molecule has 1 aromatic rings.